The van der Waals surface area contributed by atoms with Crippen molar-refractivity contribution in [3.05, 3.63) is 65.7 Å². The highest BCUT2D eigenvalue weighted by Gasteiger charge is 2.08. The molecule has 2 aromatic carbocycles. The fourth-order valence-electron chi connectivity index (χ4n) is 2.22. The molecule has 130 valence electrons. The largest absolute Gasteiger partial charge is 0.497 e. The standard InChI is InChI=1S/C19H20N2O4/c1-25-16-9-7-14(8-10-16)13-18(22)21-20-17(11-12-19(23)24)15-5-3-2-4-6-15/h2-10H,11-13H2,1H3,(H,21,22)(H,23,24). The van der Waals surface area contributed by atoms with E-state index in [-0.39, 0.29) is 25.2 Å². The van der Waals surface area contributed by atoms with Crippen LogP contribution in [-0.4, -0.2) is 29.8 Å². The lowest BCUT2D eigenvalue weighted by atomic mass is 10.1. The molecule has 0 bridgehead atoms. The zero-order valence-corrected chi connectivity index (χ0v) is 13.9. The number of carboxylic acid groups (broad SMARTS) is 1. The normalized spacial score (nSPS) is 11.0. The van der Waals surface area contributed by atoms with Crippen LogP contribution in [0.1, 0.15) is 24.0 Å². The molecule has 0 aromatic heterocycles. The van der Waals surface area contributed by atoms with Gasteiger partial charge in [0.05, 0.1) is 25.7 Å². The van der Waals surface area contributed by atoms with Gasteiger partial charge in [-0.1, -0.05) is 42.5 Å². The summed E-state index contributed by atoms with van der Waals surface area (Å²) in [5, 5.41) is 13.0. The number of carbonyl (C=O) groups excluding carboxylic acids is 1. The summed E-state index contributed by atoms with van der Waals surface area (Å²) in [6.45, 7) is 0. The third kappa shape index (κ3) is 6.10. The molecule has 6 heteroatoms. The molecule has 0 atom stereocenters. The smallest absolute Gasteiger partial charge is 0.303 e. The summed E-state index contributed by atoms with van der Waals surface area (Å²) in [6, 6.07) is 16.4. The third-order valence-electron chi connectivity index (χ3n) is 3.52. The molecule has 0 radical (unpaired) electrons. The van der Waals surface area contributed by atoms with Gasteiger partial charge in [0.2, 0.25) is 5.91 Å². The number of rotatable bonds is 8. The molecule has 6 nitrogen and oxygen atoms in total. The Balaban J connectivity index is 2.02. The highest BCUT2D eigenvalue weighted by atomic mass is 16.5. The van der Waals surface area contributed by atoms with Gasteiger partial charge in [-0.25, -0.2) is 5.43 Å². The molecule has 2 N–H and O–H groups in total. The number of ether oxygens (including phenoxy) is 1. The molecule has 1 amide bonds. The van der Waals surface area contributed by atoms with Crippen LogP contribution in [0.25, 0.3) is 0 Å². The molecular formula is C19H20N2O4. The Hall–Kier alpha value is -3.15. The van der Waals surface area contributed by atoms with Crippen LogP contribution >= 0.6 is 0 Å². The van der Waals surface area contributed by atoms with Crippen LogP contribution in [0.4, 0.5) is 0 Å². The zero-order chi connectivity index (χ0) is 18.1. The summed E-state index contributed by atoms with van der Waals surface area (Å²) in [5.41, 5.74) is 4.66. The molecule has 0 aliphatic carbocycles. The third-order valence-corrected chi connectivity index (χ3v) is 3.52. The van der Waals surface area contributed by atoms with Crippen LogP contribution in [-0.2, 0) is 16.0 Å². The summed E-state index contributed by atoms with van der Waals surface area (Å²) in [4.78, 5) is 22.9. The van der Waals surface area contributed by atoms with Crippen LogP contribution in [0, 0.1) is 0 Å². The van der Waals surface area contributed by atoms with Gasteiger partial charge in [-0.2, -0.15) is 5.10 Å². The van der Waals surface area contributed by atoms with Crippen molar-refractivity contribution < 1.29 is 19.4 Å². The number of aliphatic carboxylic acids is 1. The molecule has 0 unspecified atom stereocenters. The number of amides is 1. The number of carboxylic acids is 1. The van der Waals surface area contributed by atoms with Crippen molar-refractivity contribution in [3.8, 4) is 5.75 Å². The van der Waals surface area contributed by atoms with Crippen LogP contribution in [0.3, 0.4) is 0 Å². The number of methoxy groups -OCH3 is 1. The molecule has 0 aliphatic heterocycles. The summed E-state index contributed by atoms with van der Waals surface area (Å²) >= 11 is 0. The van der Waals surface area contributed by atoms with E-state index in [9.17, 15) is 9.59 Å². The lowest BCUT2D eigenvalue weighted by molar-refractivity contribution is -0.136. The predicted molar refractivity (Wildman–Crippen MR) is 94.7 cm³/mol. The molecular weight excluding hydrogens is 320 g/mol. The molecule has 2 rings (SSSR count). The number of nitrogens with zero attached hydrogens (tertiary/aromatic N) is 1. The van der Waals surface area contributed by atoms with Gasteiger partial charge in [0.15, 0.2) is 0 Å². The van der Waals surface area contributed by atoms with E-state index in [1.165, 1.54) is 0 Å². The van der Waals surface area contributed by atoms with E-state index in [1.807, 2.05) is 42.5 Å². The minimum absolute atomic E-state index is 0.0535. The van der Waals surface area contributed by atoms with Gasteiger partial charge in [-0.05, 0) is 23.3 Å². The zero-order valence-electron chi connectivity index (χ0n) is 13.9. The van der Waals surface area contributed by atoms with Crippen molar-refractivity contribution in [2.75, 3.05) is 7.11 Å². The Morgan fingerprint density at radius 1 is 1.04 bits per heavy atom. The minimum Gasteiger partial charge on any atom is -0.497 e. The number of carbonyl (C=O) groups is 2. The van der Waals surface area contributed by atoms with Crippen LogP contribution in [0.2, 0.25) is 0 Å². The SMILES string of the molecule is COc1ccc(CC(=O)NN=C(CCC(=O)O)c2ccccc2)cc1. The number of benzene rings is 2. The summed E-state index contributed by atoms with van der Waals surface area (Å²) < 4.78 is 5.08. The van der Waals surface area contributed by atoms with E-state index in [0.717, 1.165) is 16.9 Å². The second kappa shape index (κ2) is 9.22. The van der Waals surface area contributed by atoms with E-state index in [2.05, 4.69) is 10.5 Å². The highest BCUT2D eigenvalue weighted by Crippen LogP contribution is 2.12. The number of hydrogen-bond donors (Lipinski definition) is 2. The fraction of sp³-hybridized carbons (Fsp3) is 0.211. The van der Waals surface area contributed by atoms with Crippen LogP contribution < -0.4 is 10.2 Å². The molecule has 0 saturated carbocycles. The van der Waals surface area contributed by atoms with Crippen molar-refractivity contribution in [3.63, 3.8) is 0 Å². The van der Waals surface area contributed by atoms with Crippen LogP contribution in [0.15, 0.2) is 59.7 Å². The van der Waals surface area contributed by atoms with Gasteiger partial charge in [-0.3, -0.25) is 9.59 Å². The van der Waals surface area contributed by atoms with E-state index in [1.54, 1.807) is 19.2 Å². The first kappa shape index (κ1) is 18.2. The lowest BCUT2D eigenvalue weighted by Crippen LogP contribution is -2.22. The Morgan fingerprint density at radius 3 is 2.32 bits per heavy atom. The maximum absolute atomic E-state index is 12.1. The Morgan fingerprint density at radius 2 is 1.72 bits per heavy atom. The van der Waals surface area contributed by atoms with Gasteiger partial charge in [0, 0.05) is 6.42 Å². The lowest BCUT2D eigenvalue weighted by Gasteiger charge is -2.07. The van der Waals surface area contributed by atoms with Crippen molar-refractivity contribution in [1.29, 1.82) is 0 Å². The van der Waals surface area contributed by atoms with Gasteiger partial charge in [0.1, 0.15) is 5.75 Å². The second-order valence-corrected chi connectivity index (χ2v) is 5.38. The molecule has 0 saturated heterocycles. The number of hydrogen-bond acceptors (Lipinski definition) is 4. The predicted octanol–water partition coefficient (Wildman–Crippen LogP) is 2.62. The Bertz CT molecular complexity index is 740. The first-order valence-corrected chi connectivity index (χ1v) is 7.84. The Kier molecular flexibility index (Phi) is 6.71. The van der Waals surface area contributed by atoms with Crippen molar-refractivity contribution in [2.45, 2.75) is 19.3 Å². The van der Waals surface area contributed by atoms with E-state index in [0.29, 0.717) is 5.71 Å². The van der Waals surface area contributed by atoms with Crippen molar-refractivity contribution >= 4 is 17.6 Å². The molecule has 0 heterocycles. The van der Waals surface area contributed by atoms with Gasteiger partial charge in [0.25, 0.3) is 0 Å². The topological polar surface area (TPSA) is 88.0 Å². The van der Waals surface area contributed by atoms with Crippen molar-refractivity contribution in [2.24, 2.45) is 5.10 Å². The number of nitrogens with one attached hydrogen (secondary N) is 1. The van der Waals surface area contributed by atoms with Crippen molar-refractivity contribution in [1.82, 2.24) is 5.43 Å². The first-order valence-electron chi connectivity index (χ1n) is 7.84. The summed E-state index contributed by atoms with van der Waals surface area (Å²) in [6.07, 6.45) is 0.360. The van der Waals surface area contributed by atoms with E-state index < -0.39 is 5.97 Å². The first-order chi connectivity index (χ1) is 12.1. The molecule has 25 heavy (non-hydrogen) atoms. The quantitative estimate of drug-likeness (QED) is 0.571. The van der Waals surface area contributed by atoms with Gasteiger partial charge in [-0.15, -0.1) is 0 Å². The van der Waals surface area contributed by atoms with E-state index >= 15 is 0 Å². The maximum atomic E-state index is 12.1. The average molecular weight is 340 g/mol. The molecule has 0 aliphatic rings. The Labute approximate surface area is 146 Å². The van der Waals surface area contributed by atoms with Crippen LogP contribution in [0.5, 0.6) is 5.75 Å². The van der Waals surface area contributed by atoms with E-state index in [4.69, 9.17) is 9.84 Å². The average Bonchev–Trinajstić information content (AvgIpc) is 2.63. The molecule has 2 aromatic rings. The second-order valence-electron chi connectivity index (χ2n) is 5.38. The van der Waals surface area contributed by atoms with Gasteiger partial charge >= 0.3 is 5.97 Å². The molecule has 0 spiro atoms. The minimum atomic E-state index is -0.909. The van der Waals surface area contributed by atoms with Gasteiger partial charge < -0.3 is 9.84 Å². The summed E-state index contributed by atoms with van der Waals surface area (Å²) in [7, 11) is 1.58. The summed E-state index contributed by atoms with van der Waals surface area (Å²) in [5.74, 6) is -0.454. The monoisotopic (exact) mass is 340 g/mol. The number of hydrazone groups is 1. The highest BCUT2D eigenvalue weighted by molar-refractivity contribution is 6.02. The maximum Gasteiger partial charge on any atom is 0.303 e. The fourth-order valence-corrected chi connectivity index (χ4v) is 2.22. The molecule has 0 fully saturated rings.